The molecule has 0 spiro atoms. The molecular weight excluding hydrogens is 357 g/mol. The molecule has 1 aromatic carbocycles. The lowest BCUT2D eigenvalue weighted by Gasteiger charge is -2.31. The number of hydrogen-bond donors (Lipinski definition) is 1. The fraction of sp³-hybridized carbons (Fsp3) is 0.400. The highest BCUT2D eigenvalue weighted by Crippen LogP contribution is 2.37. The van der Waals surface area contributed by atoms with E-state index < -0.39 is 29.8 Å². The molecule has 1 aliphatic heterocycles. The van der Waals surface area contributed by atoms with Crippen LogP contribution < -0.4 is 0 Å². The molecule has 0 saturated carbocycles. The van der Waals surface area contributed by atoms with E-state index in [-0.39, 0.29) is 0 Å². The van der Waals surface area contributed by atoms with Gasteiger partial charge in [-0.2, -0.15) is 13.2 Å². The third kappa shape index (κ3) is 4.13. The number of likely N-dealkylation sites (tertiary alicyclic amines) is 1. The average molecular weight is 378 g/mol. The second-order valence-corrected chi connectivity index (χ2v) is 6.70. The van der Waals surface area contributed by atoms with Crippen LogP contribution in [0.5, 0.6) is 0 Å². The fourth-order valence-corrected chi connectivity index (χ4v) is 3.59. The highest BCUT2D eigenvalue weighted by molar-refractivity contribution is 5.74. The second-order valence-electron chi connectivity index (χ2n) is 6.70. The summed E-state index contributed by atoms with van der Waals surface area (Å²) < 4.78 is 39.6. The van der Waals surface area contributed by atoms with Gasteiger partial charge in [0.1, 0.15) is 6.04 Å². The van der Waals surface area contributed by atoms with E-state index in [2.05, 4.69) is 4.98 Å². The van der Waals surface area contributed by atoms with Crippen molar-refractivity contribution in [2.24, 2.45) is 0 Å². The van der Waals surface area contributed by atoms with E-state index in [0.29, 0.717) is 30.6 Å². The molecule has 1 fully saturated rings. The maximum absolute atomic E-state index is 13.2. The van der Waals surface area contributed by atoms with Crippen LogP contribution in [0.3, 0.4) is 0 Å². The number of aliphatic carboxylic acids is 1. The third-order valence-corrected chi connectivity index (χ3v) is 4.98. The predicted molar refractivity (Wildman–Crippen MR) is 94.3 cm³/mol. The lowest BCUT2D eigenvalue weighted by molar-refractivity contribution is -0.143. The molecule has 0 aliphatic carbocycles. The first kappa shape index (κ1) is 19.4. The molecule has 1 N–H and O–H groups in total. The van der Waals surface area contributed by atoms with Crippen LogP contribution in [0.2, 0.25) is 0 Å². The maximum atomic E-state index is 13.2. The summed E-state index contributed by atoms with van der Waals surface area (Å²) in [5, 5.41) is 9.55. The number of halogens is 3. The number of carboxylic acid groups (broad SMARTS) is 1. The molecule has 3 rings (SSSR count). The molecule has 2 atom stereocenters. The zero-order chi connectivity index (χ0) is 19.6. The number of rotatable bonds is 5. The van der Waals surface area contributed by atoms with Crippen molar-refractivity contribution >= 4 is 5.97 Å². The highest BCUT2D eigenvalue weighted by atomic mass is 19.4. The minimum atomic E-state index is -4.46. The number of hydrogen-bond acceptors (Lipinski definition) is 3. The second kappa shape index (κ2) is 7.68. The fourth-order valence-electron chi connectivity index (χ4n) is 3.59. The molecular formula is C20H21F3N2O2. The summed E-state index contributed by atoms with van der Waals surface area (Å²) in [7, 11) is 0. The zero-order valence-electron chi connectivity index (χ0n) is 14.9. The molecule has 144 valence electrons. The van der Waals surface area contributed by atoms with Crippen molar-refractivity contribution < 1.29 is 23.1 Å². The van der Waals surface area contributed by atoms with Gasteiger partial charge in [-0.25, -0.2) is 0 Å². The summed E-state index contributed by atoms with van der Waals surface area (Å²) in [6.07, 6.45) is -0.820. The van der Waals surface area contributed by atoms with Gasteiger partial charge < -0.3 is 5.11 Å². The van der Waals surface area contributed by atoms with Gasteiger partial charge in [-0.3, -0.25) is 14.7 Å². The number of carbonyl (C=O) groups is 1. The van der Waals surface area contributed by atoms with E-state index in [4.69, 9.17) is 0 Å². The molecule has 0 amide bonds. The van der Waals surface area contributed by atoms with Crippen LogP contribution >= 0.6 is 0 Å². The van der Waals surface area contributed by atoms with E-state index in [1.54, 1.807) is 23.2 Å². The van der Waals surface area contributed by atoms with Gasteiger partial charge >= 0.3 is 12.1 Å². The van der Waals surface area contributed by atoms with Crippen molar-refractivity contribution in [2.45, 2.75) is 44.4 Å². The number of pyridine rings is 1. The Morgan fingerprint density at radius 3 is 2.70 bits per heavy atom. The zero-order valence-corrected chi connectivity index (χ0v) is 14.9. The summed E-state index contributed by atoms with van der Waals surface area (Å²) in [5.74, 6) is -0.963. The van der Waals surface area contributed by atoms with Gasteiger partial charge in [0.15, 0.2) is 0 Å². The first-order chi connectivity index (χ1) is 12.8. The van der Waals surface area contributed by atoms with Crippen molar-refractivity contribution in [1.29, 1.82) is 0 Å². The number of aromatic nitrogens is 1. The van der Waals surface area contributed by atoms with E-state index in [1.165, 1.54) is 6.07 Å². The molecule has 4 nitrogen and oxygen atoms in total. The van der Waals surface area contributed by atoms with Crippen molar-refractivity contribution in [3.63, 3.8) is 0 Å². The number of nitrogens with zero attached hydrogens (tertiary/aromatic N) is 2. The smallest absolute Gasteiger partial charge is 0.416 e. The summed E-state index contributed by atoms with van der Waals surface area (Å²) >= 11 is 0. The maximum Gasteiger partial charge on any atom is 0.416 e. The molecule has 1 saturated heterocycles. The normalized spacial score (nSPS) is 19.2. The van der Waals surface area contributed by atoms with Crippen molar-refractivity contribution in [3.8, 4) is 0 Å². The Kier molecular flexibility index (Phi) is 5.51. The first-order valence-corrected chi connectivity index (χ1v) is 8.91. The summed E-state index contributed by atoms with van der Waals surface area (Å²) in [4.78, 5) is 17.8. The Labute approximate surface area is 155 Å². The monoisotopic (exact) mass is 378 g/mol. The Hall–Kier alpha value is -2.41. The van der Waals surface area contributed by atoms with E-state index in [9.17, 15) is 23.1 Å². The molecule has 2 unspecified atom stereocenters. The van der Waals surface area contributed by atoms with E-state index in [0.717, 1.165) is 24.1 Å². The lowest BCUT2D eigenvalue weighted by atomic mass is 9.97. The van der Waals surface area contributed by atoms with Gasteiger partial charge in [0.25, 0.3) is 0 Å². The van der Waals surface area contributed by atoms with Gasteiger partial charge in [0.05, 0.1) is 17.3 Å². The minimum Gasteiger partial charge on any atom is -0.480 e. The van der Waals surface area contributed by atoms with Gasteiger partial charge in [-0.1, -0.05) is 25.1 Å². The SMILES string of the molecule is CCc1ccc(C(c2cccc(C(F)(F)F)c2)N2CCCC2C(=O)O)nc1. The number of carboxylic acids is 1. The largest absolute Gasteiger partial charge is 0.480 e. The van der Waals surface area contributed by atoms with E-state index >= 15 is 0 Å². The van der Waals surface area contributed by atoms with Crippen LogP contribution in [0.15, 0.2) is 42.6 Å². The number of aryl methyl sites for hydroxylation is 1. The van der Waals surface area contributed by atoms with Crippen molar-refractivity contribution in [2.75, 3.05) is 6.54 Å². The van der Waals surface area contributed by atoms with Crippen LogP contribution in [0, 0.1) is 0 Å². The number of benzene rings is 1. The van der Waals surface area contributed by atoms with Gasteiger partial charge in [-0.05, 0) is 48.6 Å². The van der Waals surface area contributed by atoms with Crippen LogP contribution in [0.4, 0.5) is 13.2 Å². The first-order valence-electron chi connectivity index (χ1n) is 8.91. The molecule has 7 heteroatoms. The minimum absolute atomic E-state index is 0.398. The molecule has 0 radical (unpaired) electrons. The van der Waals surface area contributed by atoms with E-state index in [1.807, 2.05) is 13.0 Å². The highest BCUT2D eigenvalue weighted by Gasteiger charge is 2.38. The Morgan fingerprint density at radius 2 is 2.11 bits per heavy atom. The van der Waals surface area contributed by atoms with Crippen LogP contribution in [-0.2, 0) is 17.4 Å². The van der Waals surface area contributed by atoms with Crippen molar-refractivity contribution in [3.05, 3.63) is 65.0 Å². The summed E-state index contributed by atoms with van der Waals surface area (Å²) in [5.41, 5.74) is 1.22. The molecule has 1 aromatic heterocycles. The summed E-state index contributed by atoms with van der Waals surface area (Å²) in [6, 6.07) is 7.36. The van der Waals surface area contributed by atoms with Crippen molar-refractivity contribution in [1.82, 2.24) is 9.88 Å². The van der Waals surface area contributed by atoms with Gasteiger partial charge in [-0.15, -0.1) is 0 Å². The van der Waals surface area contributed by atoms with Crippen LogP contribution in [-0.4, -0.2) is 33.5 Å². The molecule has 2 heterocycles. The topological polar surface area (TPSA) is 53.4 Å². The lowest BCUT2D eigenvalue weighted by Crippen LogP contribution is -2.39. The quantitative estimate of drug-likeness (QED) is 0.843. The summed E-state index contributed by atoms with van der Waals surface area (Å²) in [6.45, 7) is 2.48. The van der Waals surface area contributed by atoms with Gasteiger partial charge in [0.2, 0.25) is 0 Å². The third-order valence-electron chi connectivity index (χ3n) is 4.98. The Bertz CT molecular complexity index is 806. The molecule has 27 heavy (non-hydrogen) atoms. The average Bonchev–Trinajstić information content (AvgIpc) is 3.12. The number of alkyl halides is 3. The molecule has 1 aliphatic rings. The predicted octanol–water partition coefficient (Wildman–Crippen LogP) is 4.30. The molecule has 2 aromatic rings. The molecule has 0 bridgehead atoms. The van der Waals surface area contributed by atoms with Crippen LogP contribution in [0.1, 0.15) is 48.2 Å². The Morgan fingerprint density at radius 1 is 1.33 bits per heavy atom. The van der Waals surface area contributed by atoms with Crippen LogP contribution in [0.25, 0.3) is 0 Å². The Balaban J connectivity index is 2.08. The van der Waals surface area contributed by atoms with Gasteiger partial charge in [0, 0.05) is 12.7 Å². The standard InChI is InChI=1S/C20H21F3N2O2/c1-2-13-8-9-16(24-12-13)18(25-10-4-7-17(25)19(26)27)14-5-3-6-15(11-14)20(21,22)23/h3,5-6,8-9,11-12,17-18H,2,4,7,10H2,1H3,(H,26,27).